The van der Waals surface area contributed by atoms with E-state index in [1.54, 1.807) is 37.4 Å². The van der Waals surface area contributed by atoms with Crippen LogP contribution in [0.25, 0.3) is 22.7 Å². The zero-order valence-electron chi connectivity index (χ0n) is 48.7. The average molecular weight is 1180 g/mol. The van der Waals surface area contributed by atoms with Gasteiger partial charge in [0.2, 0.25) is 11.8 Å². The minimum atomic E-state index is -1.35. The Morgan fingerprint density at radius 3 is 1.64 bits per heavy atom. The molecule has 3 atom stereocenters. The van der Waals surface area contributed by atoms with Gasteiger partial charge in [-0.2, -0.15) is 5.10 Å². The molecule has 5 rings (SSSR count). The highest BCUT2D eigenvalue weighted by atomic mass is 16.6. The number of benzene rings is 2. The number of nitrogens with one attached hydrogen (secondary N) is 2. The Labute approximate surface area is 490 Å². The summed E-state index contributed by atoms with van der Waals surface area (Å²) in [7, 11) is 1.54. The van der Waals surface area contributed by atoms with Gasteiger partial charge in [-0.15, -0.1) is 0 Å². The number of rotatable bonds is 49. The van der Waals surface area contributed by atoms with Crippen molar-refractivity contribution in [1.29, 1.82) is 0 Å². The van der Waals surface area contributed by atoms with Gasteiger partial charge in [0.1, 0.15) is 35.4 Å². The number of hydrogen-bond acceptors (Lipinski definition) is 22. The maximum absolute atomic E-state index is 12.9. The quantitative estimate of drug-likeness (QED) is 0.0405. The van der Waals surface area contributed by atoms with Gasteiger partial charge in [-0.25, -0.2) is 14.6 Å². The first kappa shape index (κ1) is 68.6. The van der Waals surface area contributed by atoms with Crippen molar-refractivity contribution < 1.29 is 80.7 Å². The number of oxazole rings is 1. The molecule has 25 nitrogen and oxygen atoms in total. The number of Topliss-reactive ketones (excluding diaryl/α,β-unsaturated/α-hetero) is 1. The minimum absolute atomic E-state index is 0.0774. The second-order valence-electron chi connectivity index (χ2n) is 19.4. The highest BCUT2D eigenvalue weighted by Crippen LogP contribution is 2.25. The van der Waals surface area contributed by atoms with Crippen LogP contribution in [0.3, 0.4) is 0 Å². The van der Waals surface area contributed by atoms with Crippen LogP contribution in [-0.4, -0.2) is 213 Å². The molecule has 25 heteroatoms. The molecule has 2 amide bonds. The lowest BCUT2D eigenvalue weighted by atomic mass is 9.88. The number of aliphatic hydroxyl groups is 1. The zero-order valence-corrected chi connectivity index (χ0v) is 48.7. The summed E-state index contributed by atoms with van der Waals surface area (Å²) in [6, 6.07) is 19.9. The summed E-state index contributed by atoms with van der Waals surface area (Å²) < 4.78 is 73.6. The molecule has 3 aromatic heterocycles. The molecule has 5 N–H and O–H groups in total. The molecular weight excluding hydrogens is 1090 g/mol. The van der Waals surface area contributed by atoms with Crippen LogP contribution < -0.4 is 26.7 Å². The van der Waals surface area contributed by atoms with Crippen LogP contribution in [0.5, 0.6) is 5.75 Å². The largest absolute Gasteiger partial charge is 0.490 e. The smallest absolute Gasteiger partial charge is 0.274 e. The maximum Gasteiger partial charge on any atom is 0.274 e. The number of pyridine rings is 1. The molecule has 0 radical (unpaired) electrons. The third kappa shape index (κ3) is 28.6. The fraction of sp³-hybridized carbons (Fsp3) is 0.576. The number of anilines is 1. The highest BCUT2D eigenvalue weighted by molar-refractivity contribution is 6.03. The minimum Gasteiger partial charge on any atom is -0.490 e. The van der Waals surface area contributed by atoms with Crippen molar-refractivity contribution in [2.45, 2.75) is 45.3 Å². The number of nitrogens with zero attached hydrogens (tertiary/aromatic N) is 4. The van der Waals surface area contributed by atoms with Gasteiger partial charge in [-0.05, 0) is 60.7 Å². The molecule has 0 aliphatic carbocycles. The van der Waals surface area contributed by atoms with Gasteiger partial charge >= 0.3 is 0 Å². The van der Waals surface area contributed by atoms with Gasteiger partial charge in [0.25, 0.3) is 11.5 Å². The molecule has 0 aliphatic heterocycles. The molecule has 0 saturated heterocycles. The van der Waals surface area contributed by atoms with Crippen LogP contribution in [0.1, 0.15) is 42.7 Å². The van der Waals surface area contributed by atoms with E-state index in [4.69, 9.17) is 67.0 Å². The van der Waals surface area contributed by atoms with Gasteiger partial charge in [0, 0.05) is 43.7 Å². The third-order valence-electron chi connectivity index (χ3n) is 12.2. The first-order valence-electron chi connectivity index (χ1n) is 28.5. The number of ether oxygens (including phenoxy) is 12. The van der Waals surface area contributed by atoms with Crippen molar-refractivity contribution in [3.05, 3.63) is 101 Å². The highest BCUT2D eigenvalue weighted by Gasteiger charge is 2.29. The molecule has 0 fully saturated rings. The van der Waals surface area contributed by atoms with Crippen molar-refractivity contribution in [2.75, 3.05) is 164 Å². The Kier molecular flexibility index (Phi) is 34.1. The third-order valence-corrected chi connectivity index (χ3v) is 12.2. The van der Waals surface area contributed by atoms with E-state index >= 15 is 0 Å². The van der Waals surface area contributed by atoms with Crippen molar-refractivity contribution in [3.8, 4) is 17.3 Å². The number of nitrogens with two attached hydrogens (primary N) is 1. The van der Waals surface area contributed by atoms with Crippen molar-refractivity contribution in [2.24, 2.45) is 24.6 Å². The lowest BCUT2D eigenvalue weighted by Gasteiger charge is -2.22. The predicted octanol–water partition coefficient (Wildman–Crippen LogP) is 3.47. The Morgan fingerprint density at radius 2 is 1.15 bits per heavy atom. The number of amides is 2. The van der Waals surface area contributed by atoms with Crippen LogP contribution in [0.15, 0.2) is 88.2 Å². The standard InChI is InChI=1S/C59H85N7O18/c1-44(2)39-46(41-53(67)56(69)49(60)40-45-7-5-4-6-8-45)57(70)61-15-16-72-17-18-73-19-20-74-21-22-75-23-24-76-25-26-77-27-28-78-29-30-79-31-32-80-33-34-81-35-36-82-37-38-83-48-10-11-50(62-43-48)58(71)63-47-9-13-54-52(42-47)64-59(84-54)51-12-14-55(68)66(3)65-51/h4-14,42-44,46,49,56,69H,15-41,60H2,1-3H3,(H,61,70)(H,63,71)/t46-,49-,56+/m1/s1. The lowest BCUT2D eigenvalue weighted by molar-refractivity contribution is -0.134. The van der Waals surface area contributed by atoms with E-state index in [1.807, 2.05) is 44.2 Å². The summed E-state index contributed by atoms with van der Waals surface area (Å²) in [5.74, 6) is -0.713. The van der Waals surface area contributed by atoms with E-state index in [2.05, 4.69) is 25.7 Å². The summed E-state index contributed by atoms with van der Waals surface area (Å²) in [5, 5.41) is 20.4. The number of hydrogen-bond donors (Lipinski definition) is 4. The monoisotopic (exact) mass is 1180 g/mol. The molecule has 0 unspecified atom stereocenters. The van der Waals surface area contributed by atoms with E-state index in [-0.39, 0.29) is 35.4 Å². The molecule has 0 spiro atoms. The van der Waals surface area contributed by atoms with Gasteiger partial charge in [0.15, 0.2) is 11.4 Å². The van der Waals surface area contributed by atoms with Gasteiger partial charge in [-0.1, -0.05) is 44.2 Å². The number of fused-ring (bicyclic) bond motifs is 1. The molecule has 5 aromatic rings. The second-order valence-corrected chi connectivity index (χ2v) is 19.4. The zero-order chi connectivity index (χ0) is 59.8. The van der Waals surface area contributed by atoms with Gasteiger partial charge < -0.3 is 82.7 Å². The summed E-state index contributed by atoms with van der Waals surface area (Å²) in [5.41, 5.74) is 8.95. The number of aliphatic hydroxyl groups excluding tert-OH is 1. The SMILES string of the molecule is CC(C)C[C@H](CC(=O)[C@@H](O)[C@H](N)Cc1ccccc1)C(=O)NCCOCCOCCOCCOCCOCCOCCOCCOCCOCCOCCOCCOc1ccc(C(=O)Nc2ccc3oc(-c4ccc(=O)n(C)n4)nc3c2)nc1. The average Bonchev–Trinajstić information content (AvgIpc) is 4.19. The van der Waals surface area contributed by atoms with Crippen LogP contribution in [0, 0.1) is 11.8 Å². The lowest BCUT2D eigenvalue weighted by Crippen LogP contribution is -2.44. The van der Waals surface area contributed by atoms with E-state index in [1.165, 1.54) is 23.0 Å². The Balaban J connectivity index is 0.697. The van der Waals surface area contributed by atoms with Crippen LogP contribution in [0.4, 0.5) is 5.69 Å². The summed E-state index contributed by atoms with van der Waals surface area (Å²) in [4.78, 5) is 59.0. The van der Waals surface area contributed by atoms with Crippen molar-refractivity contribution >= 4 is 34.4 Å². The molecule has 84 heavy (non-hydrogen) atoms. The number of carbonyl (C=O) groups is 3. The number of aromatic nitrogens is 4. The van der Waals surface area contributed by atoms with Crippen LogP contribution in [-0.2, 0) is 75.2 Å². The Morgan fingerprint density at radius 1 is 0.643 bits per heavy atom. The first-order valence-corrected chi connectivity index (χ1v) is 28.5. The predicted molar refractivity (Wildman–Crippen MR) is 309 cm³/mol. The fourth-order valence-corrected chi connectivity index (χ4v) is 7.89. The van der Waals surface area contributed by atoms with Crippen LogP contribution >= 0.6 is 0 Å². The number of carbonyl (C=O) groups excluding carboxylic acids is 3. The van der Waals surface area contributed by atoms with E-state index in [0.717, 1.165) is 5.56 Å². The molecular formula is C59H85N7O18. The maximum atomic E-state index is 12.9. The first-order chi connectivity index (χ1) is 41.0. The topological polar surface area (TPSA) is 306 Å². The fourth-order valence-electron chi connectivity index (χ4n) is 7.89. The molecule has 0 bridgehead atoms. The van der Waals surface area contributed by atoms with Gasteiger partial charge in [-0.3, -0.25) is 19.2 Å². The molecule has 464 valence electrons. The molecule has 2 aromatic carbocycles. The van der Waals surface area contributed by atoms with E-state index in [9.17, 15) is 24.3 Å². The normalized spacial score (nSPS) is 12.6. The molecule has 0 aliphatic rings. The Bertz CT molecular complexity index is 2640. The summed E-state index contributed by atoms with van der Waals surface area (Å²) >= 11 is 0. The van der Waals surface area contributed by atoms with E-state index in [0.29, 0.717) is 200 Å². The van der Waals surface area contributed by atoms with Crippen molar-refractivity contribution in [1.82, 2.24) is 25.1 Å². The van der Waals surface area contributed by atoms with Crippen LogP contribution in [0.2, 0.25) is 0 Å². The summed E-state index contributed by atoms with van der Waals surface area (Å²) in [6.45, 7) is 13.8. The number of aryl methyl sites for hydroxylation is 1. The van der Waals surface area contributed by atoms with Crippen molar-refractivity contribution in [3.63, 3.8) is 0 Å². The molecule has 0 saturated carbocycles. The summed E-state index contributed by atoms with van der Waals surface area (Å²) in [6.07, 6.45) is 0.920. The van der Waals surface area contributed by atoms with Gasteiger partial charge in [0.05, 0.1) is 152 Å². The number of ketones is 1. The Hall–Kier alpha value is -6.17. The molecule has 3 heterocycles. The van der Waals surface area contributed by atoms with E-state index < -0.39 is 29.8 Å². The second kappa shape index (κ2) is 41.8.